The maximum Gasteiger partial charge on any atom is 0.471 e. The Morgan fingerprint density at radius 3 is 2.20 bits per heavy atom. The fraction of sp³-hybridized carbons (Fsp3) is 0.467. The second kappa shape index (κ2) is 7.63. The number of hydrogen-bond acceptors (Lipinski definition) is 3. The van der Waals surface area contributed by atoms with E-state index < -0.39 is 12.1 Å². The fourth-order valence-corrected chi connectivity index (χ4v) is 4.08. The molecule has 1 aromatic carbocycles. The zero-order chi connectivity index (χ0) is 18.9. The lowest BCUT2D eigenvalue weighted by molar-refractivity contribution is -0.185. The lowest BCUT2D eigenvalue weighted by atomic mass is 10.0. The molecule has 0 N–H and O–H groups in total. The Bertz CT molecular complexity index is 711. The Balaban J connectivity index is 2.37. The fourth-order valence-electron chi connectivity index (χ4n) is 2.50. The lowest BCUT2D eigenvalue weighted by Crippen LogP contribution is -2.42. The monoisotopic (exact) mass is 414 g/mol. The van der Waals surface area contributed by atoms with Crippen molar-refractivity contribution in [2.75, 3.05) is 27.2 Å². The summed E-state index contributed by atoms with van der Waals surface area (Å²) in [5.74, 6) is -1.87. The van der Waals surface area contributed by atoms with E-state index in [1.165, 1.54) is 11.0 Å². The molecular weight excluding hydrogens is 400 g/mol. The Morgan fingerprint density at radius 1 is 1.12 bits per heavy atom. The molecule has 0 aliphatic carbocycles. The number of amides is 2. The molecule has 10 heteroatoms. The number of alkyl halides is 3. The topological polar surface area (TPSA) is 40.6 Å². The van der Waals surface area contributed by atoms with E-state index in [2.05, 4.69) is 0 Å². The molecule has 0 spiro atoms. The summed E-state index contributed by atoms with van der Waals surface area (Å²) >= 11 is 13.3. The van der Waals surface area contributed by atoms with Crippen molar-refractivity contribution in [2.24, 2.45) is 0 Å². The summed E-state index contributed by atoms with van der Waals surface area (Å²) in [5, 5.41) is 0.321. The third-order valence-corrected chi connectivity index (χ3v) is 5.70. The first-order valence-electron chi connectivity index (χ1n) is 7.27. The van der Waals surface area contributed by atoms with Crippen molar-refractivity contribution >= 4 is 46.1 Å². The zero-order valence-corrected chi connectivity index (χ0v) is 15.7. The summed E-state index contributed by atoms with van der Waals surface area (Å²) in [5.41, 5.74) is 1.24. The van der Waals surface area contributed by atoms with Crippen molar-refractivity contribution in [1.82, 2.24) is 9.80 Å². The summed E-state index contributed by atoms with van der Waals surface area (Å²) in [6.45, 7) is -0.218. The molecule has 0 unspecified atom stereocenters. The number of carbonyl (C=O) groups excluding carboxylic acids is 2. The van der Waals surface area contributed by atoms with Gasteiger partial charge in [-0.15, -0.1) is 0 Å². The van der Waals surface area contributed by atoms with Crippen LogP contribution in [-0.4, -0.2) is 54.3 Å². The molecular formula is C15H15Cl2F3N2O2S. The second-order valence-corrected chi connectivity index (χ2v) is 7.45. The molecule has 0 saturated carbocycles. The summed E-state index contributed by atoms with van der Waals surface area (Å²) in [7, 11) is 3.17. The van der Waals surface area contributed by atoms with Crippen molar-refractivity contribution in [2.45, 2.75) is 23.9 Å². The second-order valence-electron chi connectivity index (χ2n) is 5.68. The van der Waals surface area contributed by atoms with E-state index in [1.54, 1.807) is 14.1 Å². The van der Waals surface area contributed by atoms with Crippen LogP contribution in [-0.2, 0) is 17.6 Å². The summed E-state index contributed by atoms with van der Waals surface area (Å²) in [6.07, 6.45) is -4.62. The van der Waals surface area contributed by atoms with Gasteiger partial charge in [-0.3, -0.25) is 9.59 Å². The Morgan fingerprint density at radius 2 is 1.68 bits per heavy atom. The van der Waals surface area contributed by atoms with Crippen molar-refractivity contribution in [1.29, 1.82) is 0 Å². The van der Waals surface area contributed by atoms with Crippen molar-refractivity contribution in [3.05, 3.63) is 27.2 Å². The lowest BCUT2D eigenvalue weighted by Gasteiger charge is -2.21. The van der Waals surface area contributed by atoms with E-state index in [1.807, 2.05) is 0 Å². The Labute approximate surface area is 157 Å². The van der Waals surface area contributed by atoms with Gasteiger partial charge in [0.1, 0.15) is 0 Å². The number of rotatable bonds is 1. The molecule has 25 heavy (non-hydrogen) atoms. The van der Waals surface area contributed by atoms with Crippen LogP contribution in [0.2, 0.25) is 10.0 Å². The van der Waals surface area contributed by atoms with Gasteiger partial charge >= 0.3 is 12.1 Å². The predicted octanol–water partition coefficient (Wildman–Crippen LogP) is 4.26. The summed E-state index contributed by atoms with van der Waals surface area (Å²) in [4.78, 5) is 26.1. The van der Waals surface area contributed by atoms with Crippen molar-refractivity contribution in [3.63, 3.8) is 0 Å². The quantitative estimate of drug-likeness (QED) is 0.644. The summed E-state index contributed by atoms with van der Waals surface area (Å²) in [6, 6.07) is 1.48. The highest BCUT2D eigenvalue weighted by Gasteiger charge is 2.42. The number of nitrogens with zero attached hydrogens (tertiary/aromatic N) is 2. The van der Waals surface area contributed by atoms with Crippen molar-refractivity contribution in [3.8, 4) is 0 Å². The molecule has 1 aliphatic rings. The van der Waals surface area contributed by atoms with Crippen LogP contribution in [0.4, 0.5) is 18.0 Å². The molecule has 2 rings (SSSR count). The average Bonchev–Trinajstić information content (AvgIpc) is 2.72. The molecule has 138 valence electrons. The van der Waals surface area contributed by atoms with Crippen LogP contribution in [0.3, 0.4) is 0 Å². The molecule has 1 aliphatic heterocycles. The van der Waals surface area contributed by atoms with Gasteiger partial charge in [0.15, 0.2) is 0 Å². The van der Waals surface area contributed by atoms with E-state index >= 15 is 0 Å². The van der Waals surface area contributed by atoms with E-state index in [0.717, 1.165) is 16.7 Å². The number of thioether (sulfide) groups is 1. The first kappa shape index (κ1) is 20.2. The Kier molecular flexibility index (Phi) is 6.17. The van der Waals surface area contributed by atoms with Gasteiger partial charge in [-0.2, -0.15) is 13.2 Å². The maximum absolute atomic E-state index is 12.7. The van der Waals surface area contributed by atoms with E-state index in [0.29, 0.717) is 21.0 Å². The normalized spacial score (nSPS) is 14.8. The van der Waals surface area contributed by atoms with Crippen LogP contribution in [0.25, 0.3) is 0 Å². The molecule has 0 saturated heterocycles. The smallest absolute Gasteiger partial charge is 0.339 e. The minimum absolute atomic E-state index is 0.0988. The number of halogens is 5. The number of benzene rings is 1. The van der Waals surface area contributed by atoms with Gasteiger partial charge in [-0.05, 0) is 41.8 Å². The highest BCUT2D eigenvalue weighted by molar-refractivity contribution is 8.13. The minimum atomic E-state index is -4.92. The number of hydrogen-bond donors (Lipinski definition) is 0. The molecule has 0 bridgehead atoms. The molecule has 0 atom stereocenters. The average molecular weight is 415 g/mol. The van der Waals surface area contributed by atoms with Crippen LogP contribution in [0, 0.1) is 0 Å². The first-order chi connectivity index (χ1) is 11.5. The third kappa shape index (κ3) is 4.54. The van der Waals surface area contributed by atoms with Gasteiger partial charge in [0, 0.05) is 37.1 Å². The molecule has 0 fully saturated rings. The molecule has 0 aromatic heterocycles. The van der Waals surface area contributed by atoms with Gasteiger partial charge < -0.3 is 9.80 Å². The van der Waals surface area contributed by atoms with Gasteiger partial charge in [-0.1, -0.05) is 23.2 Å². The highest BCUT2D eigenvalue weighted by atomic mass is 35.5. The van der Waals surface area contributed by atoms with Crippen LogP contribution in [0.5, 0.6) is 0 Å². The SMILES string of the molecule is CN(C)C(=O)Sc1c(Cl)cc(Cl)c2c1CCN(C(=O)C(F)(F)F)CC2. The van der Waals surface area contributed by atoms with Crippen molar-refractivity contribution < 1.29 is 22.8 Å². The van der Waals surface area contributed by atoms with E-state index in [-0.39, 0.29) is 36.2 Å². The summed E-state index contributed by atoms with van der Waals surface area (Å²) < 4.78 is 38.1. The number of carbonyl (C=O) groups is 2. The van der Waals surface area contributed by atoms with Crippen LogP contribution < -0.4 is 0 Å². The van der Waals surface area contributed by atoms with E-state index in [4.69, 9.17) is 23.2 Å². The molecule has 1 heterocycles. The number of fused-ring (bicyclic) bond motifs is 1. The molecule has 2 amide bonds. The van der Waals surface area contributed by atoms with Crippen LogP contribution in [0.15, 0.2) is 11.0 Å². The first-order valence-corrected chi connectivity index (χ1v) is 8.84. The Hall–Kier alpha value is -1.12. The van der Waals surface area contributed by atoms with Gasteiger partial charge in [0.2, 0.25) is 0 Å². The largest absolute Gasteiger partial charge is 0.471 e. The van der Waals surface area contributed by atoms with Gasteiger partial charge in [0.05, 0.1) is 5.02 Å². The third-order valence-electron chi connectivity index (χ3n) is 3.74. The zero-order valence-electron chi connectivity index (χ0n) is 13.4. The van der Waals surface area contributed by atoms with Gasteiger partial charge in [-0.25, -0.2) is 0 Å². The van der Waals surface area contributed by atoms with Crippen LogP contribution >= 0.6 is 35.0 Å². The van der Waals surface area contributed by atoms with Crippen LogP contribution in [0.1, 0.15) is 11.1 Å². The molecule has 1 aromatic rings. The van der Waals surface area contributed by atoms with Gasteiger partial charge in [0.25, 0.3) is 5.24 Å². The van der Waals surface area contributed by atoms with E-state index in [9.17, 15) is 22.8 Å². The highest BCUT2D eigenvalue weighted by Crippen LogP contribution is 2.39. The molecule has 0 radical (unpaired) electrons. The maximum atomic E-state index is 12.7. The standard InChI is InChI=1S/C15H15Cl2F3N2O2S/c1-21(2)14(24)25-12-9-4-6-22(13(23)15(18,19)20)5-3-8(9)10(16)7-11(12)17/h7H,3-6H2,1-2H3. The molecule has 4 nitrogen and oxygen atoms in total. The predicted molar refractivity (Wildman–Crippen MR) is 91.4 cm³/mol. The minimum Gasteiger partial charge on any atom is -0.339 e.